The molecule has 0 unspecified atom stereocenters. The van der Waals surface area contributed by atoms with Crippen LogP contribution in [0.5, 0.6) is 11.5 Å². The third kappa shape index (κ3) is 10.8. The molecule has 0 radical (unpaired) electrons. The van der Waals surface area contributed by atoms with E-state index in [9.17, 15) is 24.3 Å². The average molecular weight is 629 g/mol. The Labute approximate surface area is 262 Å². The van der Waals surface area contributed by atoms with E-state index in [1.807, 2.05) is 0 Å². The number of hydrogen-bond acceptors (Lipinski definition) is 8. The first-order valence-corrected chi connectivity index (χ1v) is 15.2. The zero-order valence-electron chi connectivity index (χ0n) is 25.6. The summed E-state index contributed by atoms with van der Waals surface area (Å²) in [6.45, 7) is 3.16. The summed E-state index contributed by atoms with van der Waals surface area (Å²) in [5.74, 6) is -3.80. The first-order valence-electron chi connectivity index (χ1n) is 15.2. The summed E-state index contributed by atoms with van der Waals surface area (Å²) < 4.78 is 5.37. The van der Waals surface area contributed by atoms with Crippen LogP contribution in [0.4, 0.5) is 0 Å². The molecule has 0 bridgehead atoms. The van der Waals surface area contributed by atoms with Gasteiger partial charge in [-0.25, -0.2) is 4.79 Å². The van der Waals surface area contributed by atoms with E-state index < -0.39 is 36.4 Å². The molecule has 12 nitrogen and oxygen atoms in total. The molecule has 2 aliphatic rings. The van der Waals surface area contributed by atoms with Gasteiger partial charge in [0.2, 0.25) is 5.91 Å². The third-order valence-electron chi connectivity index (χ3n) is 8.58. The number of phenols is 1. The maximum absolute atomic E-state index is 12.5. The van der Waals surface area contributed by atoms with E-state index in [1.54, 1.807) is 31.4 Å². The van der Waals surface area contributed by atoms with Crippen LogP contribution < -0.4 is 10.1 Å². The molecule has 246 valence electrons. The zero-order valence-corrected chi connectivity index (χ0v) is 25.6. The van der Waals surface area contributed by atoms with Gasteiger partial charge in [0.15, 0.2) is 5.60 Å². The van der Waals surface area contributed by atoms with Gasteiger partial charge in [-0.1, -0.05) is 43.5 Å². The molecule has 1 aliphatic carbocycles. The lowest BCUT2D eigenvalue weighted by atomic mass is 9.69. The number of aromatic hydroxyl groups is 1. The number of likely N-dealkylation sites (tertiary alicyclic amines) is 1. The number of phenolic OH excluding ortho intramolecular Hbond substituents is 1. The topological polar surface area (TPSA) is 194 Å². The van der Waals surface area contributed by atoms with E-state index in [-0.39, 0.29) is 23.1 Å². The van der Waals surface area contributed by atoms with Gasteiger partial charge in [-0.2, -0.15) is 0 Å². The number of methoxy groups -OCH3 is 1. The van der Waals surface area contributed by atoms with E-state index in [2.05, 4.69) is 34.5 Å². The number of rotatable bonds is 12. The first-order chi connectivity index (χ1) is 21.3. The lowest BCUT2D eigenvalue weighted by Crippen LogP contribution is -2.49. The van der Waals surface area contributed by atoms with Gasteiger partial charge >= 0.3 is 17.9 Å². The van der Waals surface area contributed by atoms with Gasteiger partial charge in [0.05, 0.1) is 26.4 Å². The Bertz CT molecular complexity index is 1270. The lowest BCUT2D eigenvalue weighted by molar-refractivity contribution is -0.170. The van der Waals surface area contributed by atoms with Crippen molar-refractivity contribution in [2.75, 3.05) is 26.7 Å². The number of aliphatic hydroxyl groups is 1. The molecule has 6 N–H and O–H groups in total. The summed E-state index contributed by atoms with van der Waals surface area (Å²) in [6, 6.07) is 15.8. The van der Waals surface area contributed by atoms with Crippen molar-refractivity contribution in [2.45, 2.75) is 81.3 Å². The number of ether oxygens (including phenoxy) is 1. The van der Waals surface area contributed by atoms with Gasteiger partial charge < -0.3 is 40.5 Å². The summed E-state index contributed by atoms with van der Waals surface area (Å²) in [5, 5.41) is 46.4. The van der Waals surface area contributed by atoms with Crippen molar-refractivity contribution in [2.24, 2.45) is 0 Å². The Balaban J connectivity index is 0.000000360. The molecule has 12 heteroatoms. The third-order valence-corrected chi connectivity index (χ3v) is 8.58. The minimum atomic E-state index is -2.74. The predicted octanol–water partition coefficient (Wildman–Crippen LogP) is 3.18. The van der Waals surface area contributed by atoms with Crippen LogP contribution in [0, 0.1) is 0 Å². The van der Waals surface area contributed by atoms with Crippen LogP contribution in [-0.2, 0) is 31.0 Å². The summed E-state index contributed by atoms with van der Waals surface area (Å²) in [6.07, 6.45) is 6.52. The Hall–Kier alpha value is -4.16. The van der Waals surface area contributed by atoms with Gasteiger partial charge in [-0.15, -0.1) is 0 Å². The Morgan fingerprint density at radius 2 is 1.44 bits per heavy atom. The average Bonchev–Trinajstić information content (AvgIpc) is 2.99. The maximum Gasteiger partial charge on any atom is 0.336 e. The fraction of sp³-hybridized carbons (Fsp3) is 0.515. The van der Waals surface area contributed by atoms with Crippen LogP contribution in [0.3, 0.4) is 0 Å². The number of carbonyl (C=O) groups excluding carboxylic acids is 1. The summed E-state index contributed by atoms with van der Waals surface area (Å²) in [4.78, 5) is 45.5. The number of benzene rings is 2. The SMILES string of the molecule is COc1ccc(C2(CN3CCC(NC(=O)Cc4ccc(O)cc4)CC3)CCCCC2)cc1.O=C(O)CC(O)(CC(=O)O)C(=O)O. The molecule has 2 aromatic carbocycles. The number of carbonyl (C=O) groups is 4. The van der Waals surface area contributed by atoms with E-state index in [0.29, 0.717) is 6.42 Å². The molecule has 0 spiro atoms. The van der Waals surface area contributed by atoms with Crippen molar-refractivity contribution >= 4 is 23.8 Å². The number of hydrogen-bond donors (Lipinski definition) is 6. The number of piperidine rings is 1. The van der Waals surface area contributed by atoms with Crippen molar-refractivity contribution in [3.05, 3.63) is 59.7 Å². The maximum atomic E-state index is 12.5. The quantitative estimate of drug-likeness (QED) is 0.202. The van der Waals surface area contributed by atoms with E-state index >= 15 is 0 Å². The highest BCUT2D eigenvalue weighted by Crippen LogP contribution is 2.41. The van der Waals surface area contributed by atoms with E-state index in [0.717, 1.165) is 43.8 Å². The van der Waals surface area contributed by atoms with Crippen LogP contribution in [0.25, 0.3) is 0 Å². The van der Waals surface area contributed by atoms with Gasteiger partial charge in [0.25, 0.3) is 0 Å². The second kappa shape index (κ2) is 16.2. The van der Waals surface area contributed by atoms with E-state index in [1.165, 1.54) is 37.7 Å². The van der Waals surface area contributed by atoms with Crippen molar-refractivity contribution < 1.29 is 49.4 Å². The van der Waals surface area contributed by atoms with Gasteiger partial charge in [0, 0.05) is 31.1 Å². The number of aliphatic carboxylic acids is 3. The molecule has 45 heavy (non-hydrogen) atoms. The summed E-state index contributed by atoms with van der Waals surface area (Å²) >= 11 is 0. The molecule has 4 rings (SSSR count). The molecular weight excluding hydrogens is 584 g/mol. The number of carboxylic acids is 3. The van der Waals surface area contributed by atoms with Crippen LogP contribution in [0.15, 0.2) is 48.5 Å². The van der Waals surface area contributed by atoms with Crippen LogP contribution >= 0.6 is 0 Å². The highest BCUT2D eigenvalue weighted by Gasteiger charge is 2.41. The fourth-order valence-electron chi connectivity index (χ4n) is 6.17. The van der Waals surface area contributed by atoms with Crippen LogP contribution in [0.2, 0.25) is 0 Å². The molecule has 0 atom stereocenters. The predicted molar refractivity (Wildman–Crippen MR) is 164 cm³/mol. The minimum Gasteiger partial charge on any atom is -0.508 e. The molecule has 1 aliphatic heterocycles. The van der Waals surface area contributed by atoms with Gasteiger partial charge in [-0.05, 0) is 61.1 Å². The highest BCUT2D eigenvalue weighted by molar-refractivity contribution is 5.88. The first kappa shape index (κ1) is 35.3. The summed E-state index contributed by atoms with van der Waals surface area (Å²) in [7, 11) is 1.72. The van der Waals surface area contributed by atoms with E-state index in [4.69, 9.17) is 25.2 Å². The van der Waals surface area contributed by atoms with Gasteiger partial charge in [-0.3, -0.25) is 14.4 Å². The number of nitrogens with one attached hydrogen (secondary N) is 1. The molecule has 1 saturated heterocycles. The van der Waals surface area contributed by atoms with Crippen LogP contribution in [0.1, 0.15) is 68.9 Å². The second-order valence-corrected chi connectivity index (χ2v) is 12.0. The summed E-state index contributed by atoms with van der Waals surface area (Å²) in [5.41, 5.74) is -0.129. The fourth-order valence-corrected chi connectivity index (χ4v) is 6.17. The Morgan fingerprint density at radius 1 is 0.889 bits per heavy atom. The molecule has 2 fully saturated rings. The largest absolute Gasteiger partial charge is 0.508 e. The lowest BCUT2D eigenvalue weighted by Gasteiger charge is -2.44. The molecule has 2 aromatic rings. The van der Waals surface area contributed by atoms with Crippen molar-refractivity contribution in [3.8, 4) is 11.5 Å². The molecule has 1 heterocycles. The molecule has 1 amide bonds. The van der Waals surface area contributed by atoms with Crippen molar-refractivity contribution in [1.82, 2.24) is 10.2 Å². The normalized spacial score (nSPS) is 16.9. The smallest absolute Gasteiger partial charge is 0.336 e. The Morgan fingerprint density at radius 3 is 1.93 bits per heavy atom. The zero-order chi connectivity index (χ0) is 33.0. The highest BCUT2D eigenvalue weighted by atomic mass is 16.5. The Kier molecular flexibility index (Phi) is 12.7. The van der Waals surface area contributed by atoms with Gasteiger partial charge in [0.1, 0.15) is 11.5 Å². The standard InChI is InChI=1S/C27H36N2O3.C6H8O7/c1-32-25-11-7-22(8-12-25)27(15-3-2-4-16-27)20-29-17-13-23(14-18-29)28-26(31)19-21-5-9-24(30)10-6-21;7-3(8)1-6(13,5(11)12)2-4(9)10/h5-12,23,30H,2-4,13-20H2,1H3,(H,28,31);13H,1-2H2,(H,7,8)(H,9,10)(H,11,12). The van der Waals surface area contributed by atoms with Crippen molar-refractivity contribution in [1.29, 1.82) is 0 Å². The number of nitrogens with zero attached hydrogens (tertiary/aromatic N) is 1. The molecule has 1 saturated carbocycles. The number of amides is 1. The van der Waals surface area contributed by atoms with Crippen molar-refractivity contribution in [3.63, 3.8) is 0 Å². The number of carboxylic acid groups (broad SMARTS) is 3. The second-order valence-electron chi connectivity index (χ2n) is 12.0. The minimum absolute atomic E-state index is 0.0659. The molecular formula is C33H44N2O10. The molecule has 0 aromatic heterocycles. The monoisotopic (exact) mass is 628 g/mol. The van der Waals surface area contributed by atoms with Crippen LogP contribution in [-0.4, -0.2) is 92.6 Å².